The summed E-state index contributed by atoms with van der Waals surface area (Å²) >= 11 is 0. The van der Waals surface area contributed by atoms with Gasteiger partial charge in [0.05, 0.1) is 0 Å². The van der Waals surface area contributed by atoms with E-state index in [-0.39, 0.29) is 0 Å². The van der Waals surface area contributed by atoms with Crippen molar-refractivity contribution in [3.8, 4) is 0 Å². The number of carbonyl (C=O) groups is 1. The van der Waals surface area contributed by atoms with Crippen LogP contribution in [0, 0.1) is 0 Å². The van der Waals surface area contributed by atoms with Crippen LogP contribution in [0.2, 0.25) is 0 Å². The van der Waals surface area contributed by atoms with Gasteiger partial charge in [-0.25, -0.2) is 4.79 Å². The molecule has 0 saturated heterocycles. The lowest BCUT2D eigenvalue weighted by Gasteiger charge is -2.03. The zero-order valence-corrected chi connectivity index (χ0v) is 12.5. The van der Waals surface area contributed by atoms with Gasteiger partial charge in [-0.05, 0) is 26.2 Å². The molecule has 0 aliphatic rings. The molecule has 0 aromatic rings. The molecule has 1 N–H and O–H groups in total. The smallest absolute Gasteiger partial charge is 0.330 e. The maximum Gasteiger partial charge on any atom is 0.330 e. The summed E-state index contributed by atoms with van der Waals surface area (Å²) in [7, 11) is 0. The molecule has 0 spiro atoms. The first-order valence-electron chi connectivity index (χ1n) is 7.67. The molecular formula is C16H30O3. The van der Waals surface area contributed by atoms with Crippen LogP contribution >= 0.6 is 0 Å². The predicted octanol–water partition coefficient (Wildman–Crippen LogP) is 4.56. The quantitative estimate of drug-likeness (QED) is 0.371. The van der Waals surface area contributed by atoms with Crippen molar-refractivity contribution in [1.29, 1.82) is 0 Å². The van der Waals surface area contributed by atoms with Crippen LogP contribution in [0.3, 0.4) is 0 Å². The number of hydrogen-bond acceptors (Lipinski definition) is 2. The molecule has 0 aliphatic carbocycles. The molecule has 0 rings (SSSR count). The first kappa shape index (κ1) is 18.2. The zero-order chi connectivity index (χ0) is 14.3. The Kier molecular flexibility index (Phi) is 13.0. The molecule has 0 aromatic carbocycles. The maximum absolute atomic E-state index is 10.5. The number of carboxylic acids is 1. The van der Waals surface area contributed by atoms with Crippen LogP contribution in [0.1, 0.15) is 71.1 Å². The van der Waals surface area contributed by atoms with Crippen molar-refractivity contribution in [3.05, 3.63) is 12.2 Å². The summed E-state index contributed by atoms with van der Waals surface area (Å²) in [6, 6.07) is 0. The van der Waals surface area contributed by atoms with Gasteiger partial charge in [0.15, 0.2) is 0 Å². The van der Waals surface area contributed by atoms with Crippen molar-refractivity contribution >= 4 is 5.97 Å². The largest absolute Gasteiger partial charge is 0.478 e. The van der Waals surface area contributed by atoms with Crippen molar-refractivity contribution in [2.24, 2.45) is 0 Å². The highest BCUT2D eigenvalue weighted by Crippen LogP contribution is 2.12. The van der Waals surface area contributed by atoms with Gasteiger partial charge in [-0.15, -0.1) is 0 Å². The van der Waals surface area contributed by atoms with Crippen molar-refractivity contribution in [1.82, 2.24) is 0 Å². The monoisotopic (exact) mass is 270 g/mol. The van der Waals surface area contributed by atoms with Crippen LogP contribution in [0.25, 0.3) is 0 Å². The van der Waals surface area contributed by atoms with E-state index in [1.807, 2.05) is 6.92 Å². The van der Waals surface area contributed by atoms with Crippen LogP contribution in [0.5, 0.6) is 0 Å². The van der Waals surface area contributed by atoms with Gasteiger partial charge in [-0.2, -0.15) is 0 Å². The number of ether oxygens (including phenoxy) is 1. The Morgan fingerprint density at radius 3 is 1.89 bits per heavy atom. The second-order valence-corrected chi connectivity index (χ2v) is 5.04. The molecule has 0 unspecified atom stereocenters. The summed E-state index contributed by atoms with van der Waals surface area (Å²) in [5.41, 5.74) is 0.342. The minimum Gasteiger partial charge on any atom is -0.478 e. The Labute approximate surface area is 118 Å². The van der Waals surface area contributed by atoms with Crippen LogP contribution in [0.4, 0.5) is 0 Å². The Balaban J connectivity index is 3.07. The lowest BCUT2D eigenvalue weighted by molar-refractivity contribution is -0.132. The van der Waals surface area contributed by atoms with E-state index in [1.54, 1.807) is 0 Å². The summed E-state index contributed by atoms with van der Waals surface area (Å²) < 4.78 is 5.29. The van der Waals surface area contributed by atoms with E-state index in [4.69, 9.17) is 9.84 Å². The minimum atomic E-state index is -0.855. The van der Waals surface area contributed by atoms with Crippen LogP contribution in [-0.2, 0) is 9.53 Å². The third-order valence-electron chi connectivity index (χ3n) is 3.27. The second kappa shape index (κ2) is 13.6. The minimum absolute atomic E-state index is 0.342. The molecule has 0 heterocycles. The van der Waals surface area contributed by atoms with E-state index < -0.39 is 5.97 Å². The summed E-state index contributed by atoms with van der Waals surface area (Å²) in [5, 5.41) is 8.65. The molecule has 0 saturated carbocycles. The van der Waals surface area contributed by atoms with Crippen molar-refractivity contribution in [2.75, 3.05) is 13.2 Å². The Bertz CT molecular complexity index is 236. The van der Waals surface area contributed by atoms with E-state index in [1.165, 1.54) is 44.9 Å². The molecule has 3 nitrogen and oxygen atoms in total. The number of carboxylic acid groups (broad SMARTS) is 1. The number of hydrogen-bond donors (Lipinski definition) is 1. The zero-order valence-electron chi connectivity index (χ0n) is 12.5. The van der Waals surface area contributed by atoms with Crippen LogP contribution < -0.4 is 0 Å². The normalized spacial score (nSPS) is 10.6. The Morgan fingerprint density at radius 1 is 0.947 bits per heavy atom. The van der Waals surface area contributed by atoms with Crippen LogP contribution in [0.15, 0.2) is 12.2 Å². The molecular weight excluding hydrogens is 240 g/mol. The van der Waals surface area contributed by atoms with E-state index in [0.717, 1.165) is 26.1 Å². The average Bonchev–Trinajstić information content (AvgIpc) is 2.39. The Hall–Kier alpha value is -0.830. The lowest BCUT2D eigenvalue weighted by atomic mass is 10.0. The molecule has 0 atom stereocenters. The van der Waals surface area contributed by atoms with Gasteiger partial charge in [0.1, 0.15) is 0 Å². The number of unbranched alkanes of at least 4 members (excludes halogenated alkanes) is 8. The van der Waals surface area contributed by atoms with Gasteiger partial charge in [-0.1, -0.05) is 51.5 Å². The molecule has 3 heteroatoms. The van der Waals surface area contributed by atoms with Gasteiger partial charge in [0.2, 0.25) is 0 Å². The van der Waals surface area contributed by atoms with Crippen molar-refractivity contribution in [2.45, 2.75) is 71.1 Å². The predicted molar refractivity (Wildman–Crippen MR) is 79.4 cm³/mol. The SMILES string of the molecule is C=C(CCCCCCCCCCCOCC)C(=O)O. The lowest BCUT2D eigenvalue weighted by Crippen LogP contribution is -1.98. The molecule has 0 bridgehead atoms. The molecule has 0 aromatic heterocycles. The van der Waals surface area contributed by atoms with E-state index >= 15 is 0 Å². The van der Waals surface area contributed by atoms with Gasteiger partial charge in [0, 0.05) is 18.8 Å². The van der Waals surface area contributed by atoms with Crippen molar-refractivity contribution in [3.63, 3.8) is 0 Å². The Morgan fingerprint density at radius 2 is 1.42 bits per heavy atom. The highest BCUT2D eigenvalue weighted by molar-refractivity contribution is 5.85. The molecule has 0 aliphatic heterocycles. The topological polar surface area (TPSA) is 46.5 Å². The number of rotatable bonds is 14. The maximum atomic E-state index is 10.5. The van der Waals surface area contributed by atoms with E-state index in [9.17, 15) is 4.79 Å². The summed E-state index contributed by atoms with van der Waals surface area (Å²) in [5.74, 6) is -0.855. The molecule has 0 radical (unpaired) electrons. The van der Waals surface area contributed by atoms with Gasteiger partial charge >= 0.3 is 5.97 Å². The van der Waals surface area contributed by atoms with Gasteiger partial charge in [0.25, 0.3) is 0 Å². The van der Waals surface area contributed by atoms with Crippen molar-refractivity contribution < 1.29 is 14.6 Å². The first-order chi connectivity index (χ1) is 9.18. The summed E-state index contributed by atoms with van der Waals surface area (Å²) in [4.78, 5) is 10.5. The molecule has 19 heavy (non-hydrogen) atoms. The van der Waals surface area contributed by atoms with E-state index in [2.05, 4.69) is 6.58 Å². The summed E-state index contributed by atoms with van der Waals surface area (Å²) in [6.07, 6.45) is 11.6. The summed E-state index contributed by atoms with van der Waals surface area (Å²) in [6.45, 7) is 7.30. The molecule has 0 amide bonds. The fourth-order valence-electron chi connectivity index (χ4n) is 2.03. The number of aliphatic carboxylic acids is 1. The highest BCUT2D eigenvalue weighted by Gasteiger charge is 2.02. The van der Waals surface area contributed by atoms with Gasteiger partial charge < -0.3 is 9.84 Å². The van der Waals surface area contributed by atoms with E-state index in [0.29, 0.717) is 12.0 Å². The highest BCUT2D eigenvalue weighted by atomic mass is 16.5. The van der Waals surface area contributed by atoms with Gasteiger partial charge in [-0.3, -0.25) is 0 Å². The van der Waals surface area contributed by atoms with Crippen LogP contribution in [-0.4, -0.2) is 24.3 Å². The standard InChI is InChI=1S/C16H30O3/c1-3-19-14-12-10-8-6-4-5-7-9-11-13-15(2)16(17)18/h2-14H2,1H3,(H,17,18). The first-order valence-corrected chi connectivity index (χ1v) is 7.67. The second-order valence-electron chi connectivity index (χ2n) is 5.04. The average molecular weight is 270 g/mol. The molecule has 112 valence electrons. The molecule has 0 fully saturated rings. The fourth-order valence-corrected chi connectivity index (χ4v) is 2.03. The fraction of sp³-hybridized carbons (Fsp3) is 0.812. The third kappa shape index (κ3) is 13.4. The third-order valence-corrected chi connectivity index (χ3v) is 3.27.